The summed E-state index contributed by atoms with van der Waals surface area (Å²) in [4.78, 5) is 33.0. The lowest BCUT2D eigenvalue weighted by Crippen LogP contribution is -2.44. The summed E-state index contributed by atoms with van der Waals surface area (Å²) in [6.45, 7) is 5.49. The smallest absolute Gasteiger partial charge is 0.308 e. The van der Waals surface area contributed by atoms with Gasteiger partial charge >= 0.3 is 5.97 Å². The summed E-state index contributed by atoms with van der Waals surface area (Å²) in [6, 6.07) is 13.4. The van der Waals surface area contributed by atoms with Gasteiger partial charge in [0.05, 0.1) is 19.6 Å². The van der Waals surface area contributed by atoms with Gasteiger partial charge in [0.25, 0.3) is 0 Å². The zero-order valence-electron chi connectivity index (χ0n) is 26.3. The maximum absolute atomic E-state index is 13.8. The SMILES string of the molecule is CCCCN(CCCCN(C)C)C(=O)CN1CC(c2ccc3c(c2)OCO3)C(C(=O)O)C1CCCc1ccccc1OC. The molecule has 0 spiro atoms. The van der Waals surface area contributed by atoms with E-state index in [2.05, 4.69) is 36.9 Å². The Labute approximate surface area is 256 Å². The monoisotopic (exact) mass is 595 g/mol. The van der Waals surface area contributed by atoms with E-state index in [1.54, 1.807) is 7.11 Å². The van der Waals surface area contributed by atoms with Crippen molar-refractivity contribution in [1.82, 2.24) is 14.7 Å². The van der Waals surface area contributed by atoms with Crippen LogP contribution in [-0.2, 0) is 16.0 Å². The van der Waals surface area contributed by atoms with Gasteiger partial charge in [-0.2, -0.15) is 0 Å². The molecule has 43 heavy (non-hydrogen) atoms. The number of unbranched alkanes of at least 4 members (excludes halogenated alkanes) is 2. The van der Waals surface area contributed by atoms with Crippen LogP contribution >= 0.6 is 0 Å². The fourth-order valence-corrected chi connectivity index (χ4v) is 6.46. The number of aliphatic carboxylic acids is 1. The number of benzene rings is 2. The number of nitrogens with zero attached hydrogens (tertiary/aromatic N) is 3. The predicted octanol–water partition coefficient (Wildman–Crippen LogP) is 4.89. The summed E-state index contributed by atoms with van der Waals surface area (Å²) in [6.07, 6.45) is 6.19. The van der Waals surface area contributed by atoms with E-state index in [0.717, 1.165) is 75.0 Å². The lowest BCUT2D eigenvalue weighted by atomic mass is 9.83. The average molecular weight is 596 g/mol. The van der Waals surface area contributed by atoms with E-state index in [0.29, 0.717) is 24.5 Å². The molecular weight excluding hydrogens is 546 g/mol. The molecule has 9 heteroatoms. The van der Waals surface area contributed by atoms with Crippen molar-refractivity contribution in [2.75, 3.05) is 60.7 Å². The maximum atomic E-state index is 13.8. The number of ether oxygens (including phenoxy) is 3. The van der Waals surface area contributed by atoms with Crippen LogP contribution in [0.25, 0.3) is 0 Å². The van der Waals surface area contributed by atoms with Crippen LogP contribution in [-0.4, -0.2) is 98.4 Å². The van der Waals surface area contributed by atoms with Crippen molar-refractivity contribution in [1.29, 1.82) is 0 Å². The van der Waals surface area contributed by atoms with Crippen molar-refractivity contribution < 1.29 is 28.9 Å². The molecule has 2 aliphatic heterocycles. The van der Waals surface area contributed by atoms with Crippen molar-refractivity contribution in [3.8, 4) is 17.2 Å². The van der Waals surface area contributed by atoms with E-state index in [1.807, 2.05) is 41.3 Å². The molecule has 0 bridgehead atoms. The van der Waals surface area contributed by atoms with Gasteiger partial charge in [0.1, 0.15) is 5.75 Å². The van der Waals surface area contributed by atoms with Gasteiger partial charge in [0.2, 0.25) is 12.7 Å². The first-order valence-electron chi connectivity index (χ1n) is 15.7. The van der Waals surface area contributed by atoms with Gasteiger partial charge in [-0.15, -0.1) is 0 Å². The Kier molecular flexibility index (Phi) is 12.1. The number of para-hydroxylation sites is 1. The van der Waals surface area contributed by atoms with Crippen LogP contribution in [0.1, 0.15) is 62.5 Å². The second-order valence-electron chi connectivity index (χ2n) is 12.0. The molecule has 1 N–H and O–H groups in total. The summed E-state index contributed by atoms with van der Waals surface area (Å²) in [5.41, 5.74) is 2.01. The molecule has 3 atom stereocenters. The summed E-state index contributed by atoms with van der Waals surface area (Å²) in [5.74, 6) is 0.516. The van der Waals surface area contributed by atoms with Gasteiger partial charge in [0.15, 0.2) is 11.5 Å². The number of rotatable bonds is 17. The molecular formula is C34H49N3O6. The molecule has 4 rings (SSSR count). The van der Waals surface area contributed by atoms with Crippen LogP contribution < -0.4 is 14.2 Å². The predicted molar refractivity (Wildman–Crippen MR) is 167 cm³/mol. The Morgan fingerprint density at radius 1 is 1.00 bits per heavy atom. The first-order chi connectivity index (χ1) is 20.8. The number of amides is 1. The van der Waals surface area contributed by atoms with E-state index < -0.39 is 11.9 Å². The van der Waals surface area contributed by atoms with Crippen LogP contribution in [0.4, 0.5) is 0 Å². The molecule has 1 saturated heterocycles. The normalized spacial score (nSPS) is 19.6. The fraction of sp³-hybridized carbons (Fsp3) is 0.588. The van der Waals surface area contributed by atoms with E-state index in [9.17, 15) is 14.7 Å². The summed E-state index contributed by atoms with van der Waals surface area (Å²) in [7, 11) is 5.80. The number of carboxylic acids is 1. The molecule has 1 fully saturated rings. The molecule has 3 unspecified atom stereocenters. The van der Waals surface area contributed by atoms with Crippen LogP contribution in [0.15, 0.2) is 42.5 Å². The Balaban J connectivity index is 1.54. The summed E-state index contributed by atoms with van der Waals surface area (Å²) < 4.78 is 16.7. The number of aryl methyl sites for hydroxylation is 1. The molecule has 236 valence electrons. The standard InChI is InChI=1S/C34H49N3O6/c1-5-6-19-36(20-10-9-18-35(2)3)32(38)23-37-22-27(26-16-17-30-31(21-26)43-24-42-30)33(34(39)40)28(37)14-11-13-25-12-7-8-15-29(25)41-4/h7-8,12,15-17,21,27-28,33H,5-6,9-11,13-14,18-20,22-24H2,1-4H3,(H,39,40). The minimum absolute atomic E-state index is 0.0866. The van der Waals surface area contributed by atoms with E-state index in [-0.39, 0.29) is 31.2 Å². The quantitative estimate of drug-likeness (QED) is 0.259. The Morgan fingerprint density at radius 2 is 1.74 bits per heavy atom. The molecule has 0 aromatic heterocycles. The Hall–Kier alpha value is -3.30. The number of fused-ring (bicyclic) bond motifs is 1. The third-order valence-electron chi connectivity index (χ3n) is 8.75. The number of hydrogen-bond donors (Lipinski definition) is 1. The number of likely N-dealkylation sites (tertiary alicyclic amines) is 1. The Bertz CT molecular complexity index is 1200. The zero-order valence-corrected chi connectivity index (χ0v) is 26.3. The van der Waals surface area contributed by atoms with Crippen molar-refractivity contribution in [2.24, 2.45) is 5.92 Å². The van der Waals surface area contributed by atoms with Crippen LogP contribution in [0.2, 0.25) is 0 Å². The van der Waals surface area contributed by atoms with Crippen LogP contribution in [0, 0.1) is 5.92 Å². The largest absolute Gasteiger partial charge is 0.496 e. The molecule has 2 aromatic rings. The number of carbonyl (C=O) groups excluding carboxylic acids is 1. The van der Waals surface area contributed by atoms with Crippen molar-refractivity contribution >= 4 is 11.9 Å². The van der Waals surface area contributed by atoms with Crippen LogP contribution in [0.5, 0.6) is 17.2 Å². The molecule has 1 amide bonds. The van der Waals surface area contributed by atoms with Gasteiger partial charge in [0, 0.05) is 31.6 Å². The van der Waals surface area contributed by atoms with E-state index in [4.69, 9.17) is 14.2 Å². The number of carboxylic acid groups (broad SMARTS) is 1. The highest BCUT2D eigenvalue weighted by atomic mass is 16.7. The van der Waals surface area contributed by atoms with Crippen molar-refractivity contribution in [2.45, 2.75) is 63.8 Å². The van der Waals surface area contributed by atoms with Gasteiger partial charge < -0.3 is 29.1 Å². The van der Waals surface area contributed by atoms with Gasteiger partial charge in [-0.25, -0.2) is 0 Å². The second-order valence-corrected chi connectivity index (χ2v) is 12.0. The molecule has 0 saturated carbocycles. The second kappa shape index (κ2) is 16.0. The fourth-order valence-electron chi connectivity index (χ4n) is 6.46. The van der Waals surface area contributed by atoms with Gasteiger partial charge in [-0.05, 0) is 88.5 Å². The number of methoxy groups -OCH3 is 1. The minimum atomic E-state index is -0.827. The van der Waals surface area contributed by atoms with E-state index in [1.165, 1.54) is 0 Å². The Morgan fingerprint density at radius 3 is 2.49 bits per heavy atom. The topological polar surface area (TPSA) is 91.8 Å². The highest BCUT2D eigenvalue weighted by Gasteiger charge is 2.47. The first-order valence-corrected chi connectivity index (χ1v) is 15.7. The zero-order chi connectivity index (χ0) is 30.8. The van der Waals surface area contributed by atoms with Gasteiger partial charge in [-0.3, -0.25) is 14.5 Å². The average Bonchev–Trinajstić information content (AvgIpc) is 3.61. The lowest BCUT2D eigenvalue weighted by Gasteiger charge is -2.30. The molecule has 9 nitrogen and oxygen atoms in total. The molecule has 2 aromatic carbocycles. The van der Waals surface area contributed by atoms with Crippen molar-refractivity contribution in [3.63, 3.8) is 0 Å². The van der Waals surface area contributed by atoms with Gasteiger partial charge in [-0.1, -0.05) is 37.6 Å². The maximum Gasteiger partial charge on any atom is 0.308 e. The molecule has 2 heterocycles. The third kappa shape index (κ3) is 8.63. The number of hydrogen-bond acceptors (Lipinski definition) is 7. The van der Waals surface area contributed by atoms with Crippen LogP contribution in [0.3, 0.4) is 0 Å². The van der Waals surface area contributed by atoms with E-state index >= 15 is 0 Å². The van der Waals surface area contributed by atoms with Crippen molar-refractivity contribution in [3.05, 3.63) is 53.6 Å². The summed E-state index contributed by atoms with van der Waals surface area (Å²) >= 11 is 0. The third-order valence-corrected chi connectivity index (χ3v) is 8.75. The first kappa shape index (κ1) is 32.6. The highest BCUT2D eigenvalue weighted by Crippen LogP contribution is 2.43. The molecule has 2 aliphatic rings. The molecule has 0 radical (unpaired) electrons. The highest BCUT2D eigenvalue weighted by molar-refractivity contribution is 5.79. The number of carbonyl (C=O) groups is 2. The minimum Gasteiger partial charge on any atom is -0.496 e. The molecule has 0 aliphatic carbocycles. The summed E-state index contributed by atoms with van der Waals surface area (Å²) in [5, 5.41) is 10.6. The lowest BCUT2D eigenvalue weighted by molar-refractivity contribution is -0.143.